The number of hydrogen-bond donors (Lipinski definition) is 1. The van der Waals surface area contributed by atoms with Crippen LogP contribution in [0, 0.1) is 0 Å². The highest BCUT2D eigenvalue weighted by Crippen LogP contribution is 2.24. The zero-order chi connectivity index (χ0) is 21.1. The van der Waals surface area contributed by atoms with E-state index in [1.165, 1.54) is 0 Å². The molecule has 2 aromatic carbocycles. The van der Waals surface area contributed by atoms with Crippen molar-refractivity contribution in [2.45, 2.75) is 19.4 Å². The third kappa shape index (κ3) is 4.69. The molecule has 1 amide bonds. The maximum atomic E-state index is 13.0. The predicted molar refractivity (Wildman–Crippen MR) is 121 cm³/mol. The van der Waals surface area contributed by atoms with Crippen LogP contribution in [0.15, 0.2) is 54.7 Å². The van der Waals surface area contributed by atoms with E-state index in [4.69, 9.17) is 23.2 Å². The third-order valence-corrected chi connectivity index (χ3v) is 6.27. The van der Waals surface area contributed by atoms with Gasteiger partial charge in [0.25, 0.3) is 0 Å². The largest absolute Gasteiger partial charge is 0.341 e. The first-order chi connectivity index (χ1) is 14.5. The molecule has 2 heterocycles. The molecule has 1 unspecified atom stereocenters. The van der Waals surface area contributed by atoms with Gasteiger partial charge in [0.2, 0.25) is 5.91 Å². The lowest BCUT2D eigenvalue weighted by Crippen LogP contribution is -2.49. The Balaban J connectivity index is 1.33. The summed E-state index contributed by atoms with van der Waals surface area (Å²) in [6.07, 6.45) is 1.80. The quantitative estimate of drug-likeness (QED) is 0.615. The summed E-state index contributed by atoms with van der Waals surface area (Å²) < 4.78 is 0. The molecule has 1 saturated heterocycles. The number of aromatic amines is 1. The van der Waals surface area contributed by atoms with Crippen LogP contribution in [0.5, 0.6) is 0 Å². The van der Waals surface area contributed by atoms with Crippen molar-refractivity contribution in [1.82, 2.24) is 19.8 Å². The predicted octanol–water partition coefficient (Wildman–Crippen LogP) is 4.83. The Bertz CT molecular complexity index is 1010. The number of piperazine rings is 1. The van der Waals surface area contributed by atoms with Gasteiger partial charge in [-0.05, 0) is 30.2 Å². The molecule has 7 heteroatoms. The fourth-order valence-electron chi connectivity index (χ4n) is 3.73. The monoisotopic (exact) mass is 442 g/mol. The molecule has 1 fully saturated rings. The Morgan fingerprint density at radius 1 is 1.07 bits per heavy atom. The number of amides is 1. The van der Waals surface area contributed by atoms with Crippen molar-refractivity contribution in [3.8, 4) is 11.3 Å². The fraction of sp³-hybridized carbons (Fsp3) is 0.304. The number of halogens is 2. The molecule has 0 aliphatic carbocycles. The molecule has 4 rings (SSSR count). The van der Waals surface area contributed by atoms with E-state index < -0.39 is 0 Å². The van der Waals surface area contributed by atoms with Crippen LogP contribution in [0.3, 0.4) is 0 Å². The number of benzene rings is 2. The van der Waals surface area contributed by atoms with Gasteiger partial charge in [0, 0.05) is 32.7 Å². The van der Waals surface area contributed by atoms with Gasteiger partial charge in [-0.3, -0.25) is 9.69 Å². The van der Waals surface area contributed by atoms with Crippen LogP contribution in [0.2, 0.25) is 10.0 Å². The highest BCUT2D eigenvalue weighted by Gasteiger charge is 2.27. The lowest BCUT2D eigenvalue weighted by Gasteiger charge is -2.35. The fourth-order valence-corrected chi connectivity index (χ4v) is 4.06. The molecule has 1 aliphatic rings. The summed E-state index contributed by atoms with van der Waals surface area (Å²) in [7, 11) is 0. The average molecular weight is 443 g/mol. The number of hydrogen-bond acceptors (Lipinski definition) is 3. The highest BCUT2D eigenvalue weighted by molar-refractivity contribution is 6.42. The van der Waals surface area contributed by atoms with Crippen LogP contribution >= 0.6 is 23.2 Å². The zero-order valence-corrected chi connectivity index (χ0v) is 18.3. The second kappa shape index (κ2) is 9.21. The molecule has 1 atom stereocenters. The second-order valence-electron chi connectivity index (χ2n) is 7.62. The number of nitrogens with zero attached hydrogens (tertiary/aromatic N) is 3. The Kier molecular flexibility index (Phi) is 6.42. The summed E-state index contributed by atoms with van der Waals surface area (Å²) >= 11 is 12.1. The molecule has 1 aliphatic heterocycles. The molecule has 0 radical (unpaired) electrons. The van der Waals surface area contributed by atoms with Gasteiger partial charge in [0.15, 0.2) is 0 Å². The van der Waals surface area contributed by atoms with Gasteiger partial charge < -0.3 is 9.88 Å². The number of aromatic nitrogens is 2. The summed E-state index contributed by atoms with van der Waals surface area (Å²) in [6, 6.07) is 15.7. The van der Waals surface area contributed by atoms with Crippen molar-refractivity contribution in [3.63, 3.8) is 0 Å². The van der Waals surface area contributed by atoms with Gasteiger partial charge >= 0.3 is 0 Å². The number of carbonyl (C=O) groups excluding carboxylic acids is 1. The van der Waals surface area contributed by atoms with Crippen LogP contribution < -0.4 is 0 Å². The first-order valence-electron chi connectivity index (χ1n) is 10.1. The highest BCUT2D eigenvalue weighted by atomic mass is 35.5. The topological polar surface area (TPSA) is 52.2 Å². The molecule has 5 nitrogen and oxygen atoms in total. The van der Waals surface area contributed by atoms with Crippen LogP contribution in [0.4, 0.5) is 0 Å². The van der Waals surface area contributed by atoms with Crippen LogP contribution in [-0.2, 0) is 11.3 Å². The number of rotatable bonds is 5. The van der Waals surface area contributed by atoms with Gasteiger partial charge in [-0.1, -0.05) is 59.6 Å². The molecule has 30 heavy (non-hydrogen) atoms. The lowest BCUT2D eigenvalue weighted by atomic mass is 10.1. The minimum absolute atomic E-state index is 0.109. The third-order valence-electron chi connectivity index (χ3n) is 5.54. The van der Waals surface area contributed by atoms with Crippen molar-refractivity contribution >= 4 is 29.1 Å². The van der Waals surface area contributed by atoms with E-state index in [0.29, 0.717) is 29.0 Å². The molecular weight excluding hydrogens is 419 g/mol. The normalized spacial score (nSPS) is 15.9. The summed E-state index contributed by atoms with van der Waals surface area (Å²) in [5, 5.41) is 1.14. The molecule has 3 aromatic rings. The Morgan fingerprint density at radius 3 is 2.50 bits per heavy atom. The first-order valence-corrected chi connectivity index (χ1v) is 10.8. The number of carbonyl (C=O) groups is 1. The van der Waals surface area contributed by atoms with Gasteiger partial charge in [0.05, 0.1) is 27.9 Å². The van der Waals surface area contributed by atoms with E-state index in [1.807, 2.05) is 60.4 Å². The van der Waals surface area contributed by atoms with Gasteiger partial charge in [-0.15, -0.1) is 0 Å². The Labute approximate surface area is 186 Å². The SMILES string of the molecule is CC(C(=O)N1CCN(Cc2ccc(Cl)c(Cl)c2)CC1)c1ncc(-c2ccccc2)[nH]1. The van der Waals surface area contributed by atoms with E-state index in [0.717, 1.165) is 36.5 Å². The Hall–Kier alpha value is -2.34. The van der Waals surface area contributed by atoms with E-state index >= 15 is 0 Å². The van der Waals surface area contributed by atoms with Crippen LogP contribution in [0.1, 0.15) is 24.2 Å². The second-order valence-corrected chi connectivity index (χ2v) is 8.43. The number of H-pyrrole nitrogens is 1. The summed E-state index contributed by atoms with van der Waals surface area (Å²) in [5.74, 6) is 0.513. The van der Waals surface area contributed by atoms with Crippen LogP contribution in [0.25, 0.3) is 11.3 Å². The first kappa shape index (κ1) is 20.9. The summed E-state index contributed by atoms with van der Waals surface area (Å²) in [5.41, 5.74) is 3.12. The van der Waals surface area contributed by atoms with E-state index in [2.05, 4.69) is 14.9 Å². The standard InChI is InChI=1S/C23H24Cl2N4O/c1-16(22-26-14-21(27-22)18-5-3-2-4-6-18)23(30)29-11-9-28(10-12-29)15-17-7-8-19(24)20(25)13-17/h2-8,13-14,16H,9-12,15H2,1H3,(H,26,27). The lowest BCUT2D eigenvalue weighted by molar-refractivity contribution is -0.134. The number of nitrogens with one attached hydrogen (secondary N) is 1. The van der Waals surface area contributed by atoms with E-state index in [9.17, 15) is 4.79 Å². The van der Waals surface area contributed by atoms with Crippen molar-refractivity contribution in [1.29, 1.82) is 0 Å². The maximum Gasteiger partial charge on any atom is 0.233 e. The minimum Gasteiger partial charge on any atom is -0.341 e. The summed E-state index contributed by atoms with van der Waals surface area (Å²) in [4.78, 5) is 25.0. The molecule has 0 saturated carbocycles. The molecular formula is C23H24Cl2N4O. The Morgan fingerprint density at radius 2 is 1.80 bits per heavy atom. The number of imidazole rings is 1. The molecule has 0 spiro atoms. The smallest absolute Gasteiger partial charge is 0.233 e. The molecule has 0 bridgehead atoms. The zero-order valence-electron chi connectivity index (χ0n) is 16.8. The van der Waals surface area contributed by atoms with Crippen molar-refractivity contribution in [3.05, 3.63) is 76.2 Å². The van der Waals surface area contributed by atoms with Crippen LogP contribution in [-0.4, -0.2) is 51.9 Å². The molecule has 156 valence electrons. The van der Waals surface area contributed by atoms with E-state index in [1.54, 1.807) is 6.20 Å². The van der Waals surface area contributed by atoms with Gasteiger partial charge in [0.1, 0.15) is 5.82 Å². The van der Waals surface area contributed by atoms with Crippen molar-refractivity contribution in [2.75, 3.05) is 26.2 Å². The molecule has 1 N–H and O–H groups in total. The van der Waals surface area contributed by atoms with Crippen molar-refractivity contribution < 1.29 is 4.79 Å². The maximum absolute atomic E-state index is 13.0. The van der Waals surface area contributed by atoms with Gasteiger partial charge in [-0.25, -0.2) is 4.98 Å². The minimum atomic E-state index is -0.302. The van der Waals surface area contributed by atoms with E-state index in [-0.39, 0.29) is 11.8 Å². The molecule has 1 aromatic heterocycles. The van der Waals surface area contributed by atoms with Crippen molar-refractivity contribution in [2.24, 2.45) is 0 Å². The average Bonchev–Trinajstić information content (AvgIpc) is 3.27. The van der Waals surface area contributed by atoms with Gasteiger partial charge in [-0.2, -0.15) is 0 Å². The summed E-state index contributed by atoms with van der Waals surface area (Å²) in [6.45, 7) is 5.77.